The van der Waals surface area contributed by atoms with Crippen LogP contribution in [0.1, 0.15) is 23.0 Å². The third kappa shape index (κ3) is 2.91. The molecule has 116 valence electrons. The van der Waals surface area contributed by atoms with Gasteiger partial charge in [0.2, 0.25) is 0 Å². The van der Waals surface area contributed by atoms with Crippen molar-refractivity contribution in [1.82, 2.24) is 0 Å². The number of nitrogens with zero attached hydrogens (tertiary/aromatic N) is 1. The number of benzene rings is 1. The zero-order valence-corrected chi connectivity index (χ0v) is 12.5. The van der Waals surface area contributed by atoms with Gasteiger partial charge in [-0.25, -0.2) is 9.59 Å². The van der Waals surface area contributed by atoms with Crippen LogP contribution in [0, 0.1) is 0 Å². The van der Waals surface area contributed by atoms with Gasteiger partial charge < -0.3 is 14.0 Å². The van der Waals surface area contributed by atoms with E-state index in [0.29, 0.717) is 28.4 Å². The fraction of sp³-hybridized carbons (Fsp3) is 0.118. The maximum Gasteiger partial charge on any atom is 0.367 e. The predicted octanol–water partition coefficient (Wildman–Crippen LogP) is 3.05. The maximum atomic E-state index is 11.5. The molecule has 3 rings (SSSR count). The standard InChI is InChI=1S/C17H13NO5/c1-10-14(17(20)23-18-10)9-13-7-8-15(22-13)11-3-5-12(6-4-11)16(19)21-2/h3-9H,1-2H3/b14-9-. The average Bonchev–Trinajstić information content (AvgIpc) is 3.16. The van der Waals surface area contributed by atoms with E-state index in [1.807, 2.05) is 0 Å². The molecule has 2 aromatic rings. The van der Waals surface area contributed by atoms with Gasteiger partial charge in [0.05, 0.1) is 24.0 Å². The van der Waals surface area contributed by atoms with Crippen molar-refractivity contribution in [1.29, 1.82) is 0 Å². The van der Waals surface area contributed by atoms with Crippen LogP contribution in [-0.2, 0) is 14.4 Å². The van der Waals surface area contributed by atoms with E-state index in [4.69, 9.17) is 4.42 Å². The number of ether oxygens (including phenoxy) is 1. The van der Waals surface area contributed by atoms with Gasteiger partial charge >= 0.3 is 11.9 Å². The highest BCUT2D eigenvalue weighted by atomic mass is 16.7. The normalized spacial score (nSPS) is 15.5. The number of furan rings is 1. The summed E-state index contributed by atoms with van der Waals surface area (Å²) in [4.78, 5) is 27.5. The van der Waals surface area contributed by atoms with Crippen molar-refractivity contribution in [2.75, 3.05) is 7.11 Å². The summed E-state index contributed by atoms with van der Waals surface area (Å²) < 4.78 is 10.4. The van der Waals surface area contributed by atoms with E-state index in [1.54, 1.807) is 49.4 Å². The summed E-state index contributed by atoms with van der Waals surface area (Å²) in [5.74, 6) is 0.244. The molecule has 2 heterocycles. The van der Waals surface area contributed by atoms with E-state index >= 15 is 0 Å². The number of carbonyl (C=O) groups excluding carboxylic acids is 2. The van der Waals surface area contributed by atoms with Crippen LogP contribution in [0.25, 0.3) is 17.4 Å². The van der Waals surface area contributed by atoms with Gasteiger partial charge in [-0.05, 0) is 37.3 Å². The van der Waals surface area contributed by atoms with Crippen LogP contribution in [0.4, 0.5) is 0 Å². The van der Waals surface area contributed by atoms with Crippen LogP contribution < -0.4 is 0 Å². The lowest BCUT2D eigenvalue weighted by atomic mass is 10.1. The third-order valence-electron chi connectivity index (χ3n) is 3.38. The van der Waals surface area contributed by atoms with Gasteiger partial charge in [-0.3, -0.25) is 0 Å². The van der Waals surface area contributed by atoms with Crippen molar-refractivity contribution in [3.63, 3.8) is 0 Å². The second kappa shape index (κ2) is 5.92. The van der Waals surface area contributed by atoms with Gasteiger partial charge in [0.1, 0.15) is 11.5 Å². The number of hydrogen-bond donors (Lipinski definition) is 0. The SMILES string of the molecule is COC(=O)c1ccc(-c2ccc(/C=C3\C(=O)ON=C3C)o2)cc1. The monoisotopic (exact) mass is 311 g/mol. The largest absolute Gasteiger partial charge is 0.465 e. The highest BCUT2D eigenvalue weighted by Gasteiger charge is 2.22. The van der Waals surface area contributed by atoms with E-state index in [9.17, 15) is 9.59 Å². The molecule has 6 nitrogen and oxygen atoms in total. The Bertz CT molecular complexity index is 827. The lowest BCUT2D eigenvalue weighted by Gasteiger charge is -2.00. The van der Waals surface area contributed by atoms with Crippen molar-refractivity contribution in [2.45, 2.75) is 6.92 Å². The number of oxime groups is 1. The van der Waals surface area contributed by atoms with Crippen molar-refractivity contribution in [3.8, 4) is 11.3 Å². The molecule has 23 heavy (non-hydrogen) atoms. The Morgan fingerprint density at radius 3 is 2.52 bits per heavy atom. The lowest BCUT2D eigenvalue weighted by Crippen LogP contribution is -2.01. The first-order valence-electron chi connectivity index (χ1n) is 6.85. The molecule has 0 atom stereocenters. The molecular weight excluding hydrogens is 298 g/mol. The van der Waals surface area contributed by atoms with E-state index < -0.39 is 11.9 Å². The van der Waals surface area contributed by atoms with Gasteiger partial charge in [-0.2, -0.15) is 0 Å². The minimum absolute atomic E-state index is 0.368. The van der Waals surface area contributed by atoms with E-state index in [2.05, 4.69) is 14.7 Å². The maximum absolute atomic E-state index is 11.5. The molecule has 1 aliphatic heterocycles. The van der Waals surface area contributed by atoms with Crippen molar-refractivity contribution >= 4 is 23.7 Å². The summed E-state index contributed by atoms with van der Waals surface area (Å²) in [5.41, 5.74) is 2.15. The topological polar surface area (TPSA) is 78.1 Å². The molecule has 6 heteroatoms. The van der Waals surface area contributed by atoms with Crippen molar-refractivity contribution < 1.29 is 23.6 Å². The smallest absolute Gasteiger partial charge is 0.367 e. The number of methoxy groups -OCH3 is 1. The molecule has 0 amide bonds. The Kier molecular flexibility index (Phi) is 3.80. The Hall–Kier alpha value is -3.15. The first-order chi connectivity index (χ1) is 11.1. The van der Waals surface area contributed by atoms with Crippen molar-refractivity contribution in [2.24, 2.45) is 5.16 Å². The van der Waals surface area contributed by atoms with Gasteiger partial charge in [0.25, 0.3) is 0 Å². The highest BCUT2D eigenvalue weighted by molar-refractivity contribution is 6.24. The second-order valence-electron chi connectivity index (χ2n) is 4.88. The molecule has 0 spiro atoms. The zero-order chi connectivity index (χ0) is 16.4. The number of hydrogen-bond acceptors (Lipinski definition) is 6. The summed E-state index contributed by atoms with van der Waals surface area (Å²) in [6.07, 6.45) is 1.58. The summed E-state index contributed by atoms with van der Waals surface area (Å²) >= 11 is 0. The summed E-state index contributed by atoms with van der Waals surface area (Å²) in [7, 11) is 1.34. The van der Waals surface area contributed by atoms with Crippen LogP contribution in [0.5, 0.6) is 0 Å². The molecular formula is C17H13NO5. The van der Waals surface area contributed by atoms with E-state index in [-0.39, 0.29) is 0 Å². The molecule has 0 N–H and O–H groups in total. The fourth-order valence-electron chi connectivity index (χ4n) is 2.14. The minimum atomic E-state index is -0.497. The molecule has 0 saturated carbocycles. The first kappa shape index (κ1) is 14.8. The minimum Gasteiger partial charge on any atom is -0.465 e. The van der Waals surface area contributed by atoms with Gasteiger partial charge in [-0.1, -0.05) is 17.3 Å². The lowest BCUT2D eigenvalue weighted by molar-refractivity contribution is -0.136. The van der Waals surface area contributed by atoms with Crippen LogP contribution in [0.3, 0.4) is 0 Å². The summed E-state index contributed by atoms with van der Waals surface area (Å²) in [6.45, 7) is 1.69. The predicted molar refractivity (Wildman–Crippen MR) is 82.7 cm³/mol. The molecule has 0 radical (unpaired) electrons. The quantitative estimate of drug-likeness (QED) is 0.494. The summed E-state index contributed by atoms with van der Waals surface area (Å²) in [6, 6.07) is 10.4. The molecule has 0 unspecified atom stereocenters. The Balaban J connectivity index is 1.85. The average molecular weight is 311 g/mol. The van der Waals surface area contributed by atoms with Gasteiger partial charge in [0, 0.05) is 5.56 Å². The Labute approximate surface area is 132 Å². The molecule has 0 fully saturated rings. The molecule has 1 aromatic carbocycles. The number of carbonyl (C=O) groups is 2. The summed E-state index contributed by atoms with van der Waals surface area (Å²) in [5, 5.41) is 3.61. The highest BCUT2D eigenvalue weighted by Crippen LogP contribution is 2.25. The second-order valence-corrected chi connectivity index (χ2v) is 4.88. The Morgan fingerprint density at radius 2 is 1.91 bits per heavy atom. The number of esters is 1. The fourth-order valence-corrected chi connectivity index (χ4v) is 2.14. The molecule has 0 aliphatic carbocycles. The van der Waals surface area contributed by atoms with Gasteiger partial charge in [0.15, 0.2) is 0 Å². The van der Waals surface area contributed by atoms with Crippen LogP contribution >= 0.6 is 0 Å². The Morgan fingerprint density at radius 1 is 1.17 bits per heavy atom. The molecule has 1 aromatic heterocycles. The van der Waals surface area contributed by atoms with E-state index in [1.165, 1.54) is 7.11 Å². The molecule has 0 saturated heterocycles. The number of rotatable bonds is 3. The third-order valence-corrected chi connectivity index (χ3v) is 3.38. The van der Waals surface area contributed by atoms with Crippen LogP contribution in [0.2, 0.25) is 0 Å². The molecule has 1 aliphatic rings. The van der Waals surface area contributed by atoms with Gasteiger partial charge in [-0.15, -0.1) is 0 Å². The first-order valence-corrected chi connectivity index (χ1v) is 6.85. The van der Waals surface area contributed by atoms with Crippen molar-refractivity contribution in [3.05, 3.63) is 53.3 Å². The van der Waals surface area contributed by atoms with E-state index in [0.717, 1.165) is 5.56 Å². The molecule has 0 bridgehead atoms. The van der Waals surface area contributed by atoms with Crippen LogP contribution in [0.15, 0.2) is 51.5 Å². The van der Waals surface area contributed by atoms with Crippen LogP contribution in [-0.4, -0.2) is 24.8 Å². The zero-order valence-electron chi connectivity index (χ0n) is 12.5.